The van der Waals surface area contributed by atoms with Gasteiger partial charge in [0.2, 0.25) is 0 Å². The summed E-state index contributed by atoms with van der Waals surface area (Å²) in [4.78, 5) is 58.3. The lowest BCUT2D eigenvalue weighted by molar-refractivity contribution is -0.143. The topological polar surface area (TPSA) is 139 Å². The van der Waals surface area contributed by atoms with Crippen LogP contribution in [0.25, 0.3) is 10.2 Å². The number of H-pyrrole nitrogens is 1. The second kappa shape index (κ2) is 9.74. The Morgan fingerprint density at radius 2 is 1.97 bits per heavy atom. The molecule has 0 saturated carbocycles. The van der Waals surface area contributed by atoms with Crippen LogP contribution in [0, 0.1) is 0 Å². The van der Waals surface area contributed by atoms with Crippen LogP contribution in [0.5, 0.6) is 0 Å². The molecule has 4 rings (SSSR count). The van der Waals surface area contributed by atoms with E-state index in [1.807, 2.05) is 0 Å². The Bertz CT molecular complexity index is 1200. The lowest BCUT2D eigenvalue weighted by Gasteiger charge is -2.26. The summed E-state index contributed by atoms with van der Waals surface area (Å²) in [7, 11) is 0. The molecule has 3 heterocycles. The smallest absolute Gasteiger partial charge is 0.338 e. The Morgan fingerprint density at radius 3 is 2.76 bits per heavy atom. The fraction of sp³-hybridized carbons (Fsp3) is 0.500. The molecule has 33 heavy (non-hydrogen) atoms. The number of carbonyl (C=O) groups is 3. The number of esters is 2. The summed E-state index contributed by atoms with van der Waals surface area (Å²) in [5, 5.41) is 5.77. The Morgan fingerprint density at radius 1 is 1.18 bits per heavy atom. The first-order chi connectivity index (χ1) is 15.9. The zero-order valence-corrected chi connectivity index (χ0v) is 19.4. The van der Waals surface area contributed by atoms with Crippen molar-refractivity contribution >= 4 is 39.5 Å². The standard InChI is InChI=1S/C22H26N4O6S/c1-3-31-21(29)17-11(2)23-22(30)24-13(17)10-32-16(27)9-8-15-25-19(28)18-12-6-4-5-7-14(12)33-20(18)26-15/h11H,3-10H2,1-2H3,(H2,23,24,30)(H,25,26,28)/t11-/m0/s1. The number of aromatic amines is 1. The minimum absolute atomic E-state index is 0.0106. The van der Waals surface area contributed by atoms with Crippen molar-refractivity contribution in [3.63, 3.8) is 0 Å². The monoisotopic (exact) mass is 474 g/mol. The van der Waals surface area contributed by atoms with Crippen molar-refractivity contribution in [1.82, 2.24) is 20.6 Å². The lowest BCUT2D eigenvalue weighted by Crippen LogP contribution is -2.50. The fourth-order valence-corrected chi connectivity index (χ4v) is 5.45. The first-order valence-corrected chi connectivity index (χ1v) is 11.9. The summed E-state index contributed by atoms with van der Waals surface area (Å²) in [5.74, 6) is -0.699. The molecule has 2 aromatic heterocycles. The maximum atomic E-state index is 12.6. The van der Waals surface area contributed by atoms with Crippen molar-refractivity contribution in [2.75, 3.05) is 13.2 Å². The highest BCUT2D eigenvalue weighted by atomic mass is 32.1. The molecule has 2 aliphatic rings. The number of ether oxygens (including phenoxy) is 2. The van der Waals surface area contributed by atoms with Crippen LogP contribution in [-0.2, 0) is 38.3 Å². The molecule has 1 aliphatic carbocycles. The molecular formula is C22H26N4O6S. The highest BCUT2D eigenvalue weighted by molar-refractivity contribution is 7.18. The molecule has 176 valence electrons. The minimum Gasteiger partial charge on any atom is -0.463 e. The van der Waals surface area contributed by atoms with E-state index < -0.39 is 24.0 Å². The van der Waals surface area contributed by atoms with Gasteiger partial charge in [-0.2, -0.15) is 0 Å². The predicted octanol–water partition coefficient (Wildman–Crippen LogP) is 1.86. The van der Waals surface area contributed by atoms with Gasteiger partial charge in [0.1, 0.15) is 17.3 Å². The first-order valence-electron chi connectivity index (χ1n) is 11.0. The van der Waals surface area contributed by atoms with Crippen LogP contribution in [0.3, 0.4) is 0 Å². The third-order valence-corrected chi connectivity index (χ3v) is 6.87. The molecule has 0 spiro atoms. The minimum atomic E-state index is -0.586. The summed E-state index contributed by atoms with van der Waals surface area (Å²) in [5.41, 5.74) is 1.35. The SMILES string of the molecule is CCOC(=O)C1=C(COC(=O)CCc2nc3sc4c(c3c(=O)[nH]2)CCCC4)NC(=O)N[C@H]1C. The summed E-state index contributed by atoms with van der Waals surface area (Å²) in [6.07, 6.45) is 4.28. The van der Waals surface area contributed by atoms with E-state index in [-0.39, 0.29) is 42.9 Å². The van der Waals surface area contributed by atoms with E-state index in [0.717, 1.165) is 31.2 Å². The zero-order valence-electron chi connectivity index (χ0n) is 18.5. The van der Waals surface area contributed by atoms with Gasteiger partial charge >= 0.3 is 18.0 Å². The number of aryl methyl sites for hydroxylation is 3. The molecule has 0 fully saturated rings. The Labute approximate surface area is 193 Å². The summed E-state index contributed by atoms with van der Waals surface area (Å²) >= 11 is 1.56. The van der Waals surface area contributed by atoms with Crippen molar-refractivity contribution in [3.05, 3.63) is 37.9 Å². The second-order valence-electron chi connectivity index (χ2n) is 8.00. The normalized spacial score (nSPS) is 17.9. The van der Waals surface area contributed by atoms with Gasteiger partial charge in [-0.05, 0) is 45.1 Å². The van der Waals surface area contributed by atoms with E-state index in [2.05, 4.69) is 20.6 Å². The Balaban J connectivity index is 1.41. The van der Waals surface area contributed by atoms with Gasteiger partial charge < -0.3 is 25.1 Å². The number of urea groups is 1. The van der Waals surface area contributed by atoms with Gasteiger partial charge in [-0.25, -0.2) is 14.6 Å². The van der Waals surface area contributed by atoms with E-state index in [1.165, 1.54) is 4.88 Å². The summed E-state index contributed by atoms with van der Waals surface area (Å²) in [6.45, 7) is 3.23. The second-order valence-corrected chi connectivity index (χ2v) is 9.08. The number of aromatic nitrogens is 2. The maximum Gasteiger partial charge on any atom is 0.338 e. The molecule has 0 aromatic carbocycles. The number of rotatable bonds is 7. The number of carbonyl (C=O) groups excluding carboxylic acids is 3. The van der Waals surface area contributed by atoms with Crippen LogP contribution in [0.2, 0.25) is 0 Å². The predicted molar refractivity (Wildman–Crippen MR) is 121 cm³/mol. The molecule has 0 radical (unpaired) electrons. The van der Waals surface area contributed by atoms with E-state index in [0.29, 0.717) is 16.0 Å². The van der Waals surface area contributed by atoms with Gasteiger partial charge in [0.05, 0.1) is 35.7 Å². The van der Waals surface area contributed by atoms with Crippen LogP contribution < -0.4 is 16.2 Å². The van der Waals surface area contributed by atoms with Gasteiger partial charge in [-0.15, -0.1) is 11.3 Å². The Kier molecular flexibility index (Phi) is 6.77. The lowest BCUT2D eigenvalue weighted by atomic mass is 9.97. The van der Waals surface area contributed by atoms with E-state index >= 15 is 0 Å². The quantitative estimate of drug-likeness (QED) is 0.521. The summed E-state index contributed by atoms with van der Waals surface area (Å²) < 4.78 is 10.3. The first kappa shape index (κ1) is 23.0. The molecule has 0 bridgehead atoms. The third-order valence-electron chi connectivity index (χ3n) is 5.68. The van der Waals surface area contributed by atoms with Gasteiger partial charge in [0.25, 0.3) is 5.56 Å². The van der Waals surface area contributed by atoms with Crippen molar-refractivity contribution < 1.29 is 23.9 Å². The van der Waals surface area contributed by atoms with Crippen molar-refractivity contribution in [3.8, 4) is 0 Å². The molecular weight excluding hydrogens is 448 g/mol. The number of hydrogen-bond acceptors (Lipinski definition) is 8. The van der Waals surface area contributed by atoms with E-state index in [9.17, 15) is 19.2 Å². The highest BCUT2D eigenvalue weighted by Crippen LogP contribution is 2.33. The molecule has 10 nitrogen and oxygen atoms in total. The van der Waals surface area contributed by atoms with Crippen LogP contribution in [0.15, 0.2) is 16.1 Å². The maximum absolute atomic E-state index is 12.6. The van der Waals surface area contributed by atoms with E-state index in [4.69, 9.17) is 9.47 Å². The highest BCUT2D eigenvalue weighted by Gasteiger charge is 2.30. The molecule has 11 heteroatoms. The molecule has 1 atom stereocenters. The largest absolute Gasteiger partial charge is 0.463 e. The number of amides is 2. The van der Waals surface area contributed by atoms with E-state index in [1.54, 1.807) is 25.2 Å². The van der Waals surface area contributed by atoms with Gasteiger partial charge in [-0.3, -0.25) is 9.59 Å². The fourth-order valence-electron chi connectivity index (χ4n) is 4.17. The van der Waals surface area contributed by atoms with Crippen LogP contribution in [0.1, 0.15) is 49.4 Å². The molecule has 3 N–H and O–H groups in total. The van der Waals surface area contributed by atoms with Gasteiger partial charge in [-0.1, -0.05) is 0 Å². The average Bonchev–Trinajstić information content (AvgIpc) is 3.14. The number of nitrogens with zero attached hydrogens (tertiary/aromatic N) is 1. The zero-order chi connectivity index (χ0) is 23.5. The number of thiophene rings is 1. The van der Waals surface area contributed by atoms with Crippen LogP contribution in [-0.4, -0.2) is 47.2 Å². The number of nitrogens with one attached hydrogen (secondary N) is 3. The molecule has 0 unspecified atom stereocenters. The Hall–Kier alpha value is -3.21. The van der Waals surface area contributed by atoms with Crippen molar-refractivity contribution in [2.24, 2.45) is 0 Å². The number of hydrogen-bond donors (Lipinski definition) is 3. The molecule has 0 saturated heterocycles. The van der Waals surface area contributed by atoms with Crippen LogP contribution in [0.4, 0.5) is 4.79 Å². The molecule has 2 aromatic rings. The third kappa shape index (κ3) is 4.92. The number of fused-ring (bicyclic) bond motifs is 3. The van der Waals surface area contributed by atoms with Crippen molar-refractivity contribution in [1.29, 1.82) is 0 Å². The average molecular weight is 475 g/mol. The van der Waals surface area contributed by atoms with Crippen molar-refractivity contribution in [2.45, 2.75) is 58.4 Å². The van der Waals surface area contributed by atoms with Gasteiger partial charge in [0, 0.05) is 11.3 Å². The molecule has 2 amide bonds. The van der Waals surface area contributed by atoms with Gasteiger partial charge in [0.15, 0.2) is 0 Å². The molecule has 1 aliphatic heterocycles. The van der Waals surface area contributed by atoms with Crippen LogP contribution >= 0.6 is 11.3 Å². The summed E-state index contributed by atoms with van der Waals surface area (Å²) in [6, 6.07) is -1.07.